The highest BCUT2D eigenvalue weighted by atomic mass is 16.1. The van der Waals surface area contributed by atoms with E-state index in [1.54, 1.807) is 0 Å². The van der Waals surface area contributed by atoms with Gasteiger partial charge in [0.05, 0.1) is 0 Å². The van der Waals surface area contributed by atoms with Gasteiger partial charge < -0.3 is 0 Å². The summed E-state index contributed by atoms with van der Waals surface area (Å²) in [6, 6.07) is 0. The summed E-state index contributed by atoms with van der Waals surface area (Å²) in [7, 11) is 0. The minimum Gasteiger partial charge on any atom is -0.299 e. The Balaban J connectivity index is 1.64. The molecule has 0 aromatic rings. The Hall–Kier alpha value is -0.660. The van der Waals surface area contributed by atoms with Crippen molar-refractivity contribution in [3.05, 3.63) is 0 Å². The lowest BCUT2D eigenvalue weighted by Crippen LogP contribution is -2.36. The first-order valence-electron chi connectivity index (χ1n) is 9.57. The van der Waals surface area contributed by atoms with Gasteiger partial charge in [-0.2, -0.15) is 0 Å². The van der Waals surface area contributed by atoms with Crippen LogP contribution < -0.4 is 0 Å². The predicted molar refractivity (Wildman–Crippen MR) is 90.8 cm³/mol. The number of hydrogen-bond donors (Lipinski definition) is 0. The molecule has 4 saturated carbocycles. The molecule has 4 fully saturated rings. The van der Waals surface area contributed by atoms with E-state index in [9.17, 15) is 9.59 Å². The van der Waals surface area contributed by atoms with Gasteiger partial charge in [0.1, 0.15) is 11.6 Å². The largest absolute Gasteiger partial charge is 0.299 e. The Morgan fingerprint density at radius 3 is 1.35 bits per heavy atom. The molecule has 0 heterocycles. The van der Waals surface area contributed by atoms with Crippen molar-refractivity contribution in [2.45, 2.75) is 73.6 Å². The highest BCUT2D eigenvalue weighted by Crippen LogP contribution is 2.70. The fourth-order valence-corrected chi connectivity index (χ4v) is 7.36. The molecule has 2 nitrogen and oxygen atoms in total. The number of ketones is 2. The van der Waals surface area contributed by atoms with Crippen LogP contribution in [-0.2, 0) is 9.59 Å². The molecule has 0 saturated heterocycles. The molecule has 4 aliphatic rings. The van der Waals surface area contributed by atoms with Crippen molar-refractivity contribution < 1.29 is 9.59 Å². The SMILES string of the molecule is CC1(C)[C@@H]2CC[C@@]1(C)C(=O)[C@H]2C[C@H]1C(=O)[C@@]2(C)CC[C@H]1C2(C)C. The maximum absolute atomic E-state index is 13.1. The summed E-state index contributed by atoms with van der Waals surface area (Å²) in [4.78, 5) is 26.3. The topological polar surface area (TPSA) is 34.1 Å². The Kier molecular flexibility index (Phi) is 2.83. The lowest BCUT2D eigenvalue weighted by Gasteiger charge is -2.32. The van der Waals surface area contributed by atoms with Gasteiger partial charge in [0.2, 0.25) is 0 Å². The van der Waals surface area contributed by atoms with Crippen LogP contribution in [0.3, 0.4) is 0 Å². The molecule has 0 aromatic heterocycles. The van der Waals surface area contributed by atoms with E-state index in [0.717, 1.165) is 19.3 Å². The number of hydrogen-bond acceptors (Lipinski definition) is 2. The zero-order valence-corrected chi connectivity index (χ0v) is 15.7. The second-order valence-electron chi connectivity index (χ2n) is 10.6. The van der Waals surface area contributed by atoms with Gasteiger partial charge in [-0.15, -0.1) is 0 Å². The number of carbonyl (C=O) groups excluding carboxylic acids is 2. The summed E-state index contributed by atoms with van der Waals surface area (Å²) < 4.78 is 0. The van der Waals surface area contributed by atoms with Gasteiger partial charge >= 0.3 is 0 Å². The summed E-state index contributed by atoms with van der Waals surface area (Å²) in [6.45, 7) is 13.5. The molecule has 0 radical (unpaired) electrons. The molecule has 0 spiro atoms. The molecule has 0 N–H and O–H groups in total. The highest BCUT2D eigenvalue weighted by Gasteiger charge is 2.70. The molecule has 128 valence electrons. The number of carbonyl (C=O) groups is 2. The molecule has 6 atom stereocenters. The fraction of sp³-hybridized carbons (Fsp3) is 0.905. The van der Waals surface area contributed by atoms with Gasteiger partial charge in [-0.3, -0.25) is 9.59 Å². The van der Waals surface area contributed by atoms with Crippen molar-refractivity contribution in [2.24, 2.45) is 45.3 Å². The van der Waals surface area contributed by atoms with Crippen LogP contribution in [0.25, 0.3) is 0 Å². The fourth-order valence-electron chi connectivity index (χ4n) is 7.36. The molecule has 4 rings (SSSR count). The Bertz CT molecular complexity index is 549. The smallest absolute Gasteiger partial charge is 0.142 e. The third-order valence-corrected chi connectivity index (χ3v) is 9.85. The lowest BCUT2D eigenvalue weighted by atomic mass is 9.70. The van der Waals surface area contributed by atoms with E-state index in [2.05, 4.69) is 41.5 Å². The van der Waals surface area contributed by atoms with Gasteiger partial charge in [-0.1, -0.05) is 41.5 Å². The van der Waals surface area contributed by atoms with E-state index >= 15 is 0 Å². The lowest BCUT2D eigenvalue weighted by molar-refractivity contribution is -0.134. The van der Waals surface area contributed by atoms with Crippen LogP contribution in [0, 0.1) is 45.3 Å². The van der Waals surface area contributed by atoms with E-state index < -0.39 is 0 Å². The summed E-state index contributed by atoms with van der Waals surface area (Å²) in [5, 5.41) is 0. The van der Waals surface area contributed by atoms with Gasteiger partial charge in [-0.25, -0.2) is 0 Å². The van der Waals surface area contributed by atoms with E-state index in [-0.39, 0.29) is 33.5 Å². The van der Waals surface area contributed by atoms with Gasteiger partial charge in [-0.05, 0) is 54.8 Å². The van der Waals surface area contributed by atoms with Crippen LogP contribution in [0.15, 0.2) is 0 Å². The second kappa shape index (κ2) is 4.11. The van der Waals surface area contributed by atoms with Crippen LogP contribution in [0.5, 0.6) is 0 Å². The quantitative estimate of drug-likeness (QED) is 0.742. The molecule has 0 unspecified atom stereocenters. The van der Waals surface area contributed by atoms with Crippen LogP contribution in [0.2, 0.25) is 0 Å². The third-order valence-electron chi connectivity index (χ3n) is 9.85. The van der Waals surface area contributed by atoms with Gasteiger partial charge in [0.15, 0.2) is 0 Å². The molecule has 0 aliphatic heterocycles. The molecule has 0 amide bonds. The number of fused-ring (bicyclic) bond motifs is 4. The Morgan fingerprint density at radius 1 is 0.739 bits per heavy atom. The van der Waals surface area contributed by atoms with Crippen molar-refractivity contribution in [3.63, 3.8) is 0 Å². The number of rotatable bonds is 2. The van der Waals surface area contributed by atoms with Crippen LogP contribution >= 0.6 is 0 Å². The normalized spacial score (nSPS) is 52.6. The standard InChI is InChI=1S/C21H32O2/c1-18(2)14-7-9-20(18,5)16(22)12(14)11-13-15-8-10-21(6,17(13)23)19(15,3)4/h12-15H,7-11H2,1-6H3/t12-,13+,14-,15-,20-,21+/m1/s1. The Morgan fingerprint density at radius 2 is 1.09 bits per heavy atom. The molecule has 4 bridgehead atoms. The maximum Gasteiger partial charge on any atom is 0.142 e. The minimum absolute atomic E-state index is 0.106. The van der Waals surface area contributed by atoms with Crippen LogP contribution in [0.1, 0.15) is 73.6 Å². The molecule has 2 heteroatoms. The minimum atomic E-state index is -0.150. The maximum atomic E-state index is 13.1. The summed E-state index contributed by atoms with van der Waals surface area (Å²) >= 11 is 0. The van der Waals surface area contributed by atoms with Crippen molar-refractivity contribution in [3.8, 4) is 0 Å². The van der Waals surface area contributed by atoms with E-state index in [4.69, 9.17) is 0 Å². The average molecular weight is 316 g/mol. The first-order valence-corrected chi connectivity index (χ1v) is 9.57. The first-order chi connectivity index (χ1) is 10.5. The molecule has 23 heavy (non-hydrogen) atoms. The average Bonchev–Trinajstić information content (AvgIpc) is 2.93. The zero-order chi connectivity index (χ0) is 17.0. The molecular formula is C21H32O2. The van der Waals surface area contributed by atoms with Gasteiger partial charge in [0, 0.05) is 22.7 Å². The van der Waals surface area contributed by atoms with Crippen molar-refractivity contribution in [2.75, 3.05) is 0 Å². The third kappa shape index (κ3) is 1.48. The van der Waals surface area contributed by atoms with Gasteiger partial charge in [0.25, 0.3) is 0 Å². The predicted octanol–water partition coefficient (Wildman–Crippen LogP) is 4.66. The summed E-state index contributed by atoms with van der Waals surface area (Å²) in [6.07, 6.45) is 5.28. The summed E-state index contributed by atoms with van der Waals surface area (Å²) in [5.41, 5.74) is -0.0888. The van der Waals surface area contributed by atoms with Crippen LogP contribution in [0.4, 0.5) is 0 Å². The first kappa shape index (κ1) is 15.8. The summed E-state index contributed by atoms with van der Waals surface area (Å²) in [5.74, 6) is 2.19. The molecule has 0 aromatic carbocycles. The zero-order valence-electron chi connectivity index (χ0n) is 15.7. The van der Waals surface area contributed by atoms with E-state index in [0.29, 0.717) is 23.4 Å². The van der Waals surface area contributed by atoms with E-state index in [1.807, 2.05) is 0 Å². The van der Waals surface area contributed by atoms with Crippen LogP contribution in [-0.4, -0.2) is 11.6 Å². The molecular weight excluding hydrogens is 284 g/mol. The highest BCUT2D eigenvalue weighted by molar-refractivity contribution is 5.94. The van der Waals surface area contributed by atoms with E-state index in [1.165, 1.54) is 12.8 Å². The molecule has 4 aliphatic carbocycles. The second-order valence-corrected chi connectivity index (χ2v) is 10.6. The van der Waals surface area contributed by atoms with Crippen molar-refractivity contribution in [1.29, 1.82) is 0 Å². The van der Waals surface area contributed by atoms with Crippen molar-refractivity contribution >= 4 is 11.6 Å². The number of Topliss-reactive ketones (excluding diaryl/α,β-unsaturated/α-hetero) is 2. The van der Waals surface area contributed by atoms with Crippen molar-refractivity contribution in [1.82, 2.24) is 0 Å². The Labute approximate surface area is 140 Å². The monoisotopic (exact) mass is 316 g/mol.